The molecule has 0 aliphatic carbocycles. The van der Waals surface area contributed by atoms with Gasteiger partial charge in [0.1, 0.15) is 6.29 Å². The van der Waals surface area contributed by atoms with Gasteiger partial charge in [0.25, 0.3) is 0 Å². The molecule has 0 saturated heterocycles. The second-order valence-electron chi connectivity index (χ2n) is 4.73. The summed E-state index contributed by atoms with van der Waals surface area (Å²) in [5.74, 6) is -0.327. The Morgan fingerprint density at radius 3 is 2.24 bits per heavy atom. The zero-order valence-electron chi connectivity index (χ0n) is 11.3. The molecule has 21 heavy (non-hydrogen) atoms. The third kappa shape index (κ3) is 3.93. The minimum Gasteiger partial charge on any atom is -0.303 e. The maximum Gasteiger partial charge on any atom is 0.164 e. The van der Waals surface area contributed by atoms with Crippen molar-refractivity contribution in [1.29, 1.82) is 0 Å². The highest BCUT2D eigenvalue weighted by Gasteiger charge is 2.20. The summed E-state index contributed by atoms with van der Waals surface area (Å²) in [5, 5.41) is 0.989. The maximum absolute atomic E-state index is 12.4. The molecule has 0 amide bonds. The van der Waals surface area contributed by atoms with Crippen LogP contribution in [0.3, 0.4) is 0 Å². The number of carbonyl (C=O) groups excluding carboxylic acids is 2. The summed E-state index contributed by atoms with van der Waals surface area (Å²) in [6, 6.07) is 14.2. The summed E-state index contributed by atoms with van der Waals surface area (Å²) in [7, 11) is 0. The van der Waals surface area contributed by atoms with E-state index in [-0.39, 0.29) is 24.5 Å². The number of ketones is 1. The van der Waals surface area contributed by atoms with E-state index in [0.29, 0.717) is 15.6 Å². The highest BCUT2D eigenvalue weighted by Crippen LogP contribution is 2.31. The summed E-state index contributed by atoms with van der Waals surface area (Å²) in [4.78, 5) is 23.3. The van der Waals surface area contributed by atoms with E-state index in [2.05, 4.69) is 0 Å². The molecule has 0 bridgehead atoms. The molecule has 0 unspecified atom stereocenters. The topological polar surface area (TPSA) is 34.1 Å². The van der Waals surface area contributed by atoms with E-state index in [9.17, 15) is 9.59 Å². The van der Waals surface area contributed by atoms with Crippen molar-refractivity contribution in [1.82, 2.24) is 0 Å². The van der Waals surface area contributed by atoms with Crippen molar-refractivity contribution in [3.63, 3.8) is 0 Å². The molecule has 1 atom stereocenters. The van der Waals surface area contributed by atoms with Crippen LogP contribution in [-0.4, -0.2) is 12.1 Å². The third-order valence-corrected chi connectivity index (χ3v) is 4.01. The van der Waals surface area contributed by atoms with Crippen LogP contribution in [0.25, 0.3) is 0 Å². The van der Waals surface area contributed by atoms with Crippen molar-refractivity contribution in [3.05, 3.63) is 69.7 Å². The molecule has 2 nitrogen and oxygen atoms in total. The molecule has 0 aliphatic rings. The Morgan fingerprint density at radius 2 is 1.62 bits per heavy atom. The number of carbonyl (C=O) groups is 2. The molecule has 0 aliphatic heterocycles. The van der Waals surface area contributed by atoms with Gasteiger partial charge in [0.05, 0.1) is 5.02 Å². The number of benzene rings is 2. The van der Waals surface area contributed by atoms with Gasteiger partial charge >= 0.3 is 0 Å². The monoisotopic (exact) mass is 320 g/mol. The zero-order valence-corrected chi connectivity index (χ0v) is 12.8. The van der Waals surface area contributed by atoms with Gasteiger partial charge in [-0.05, 0) is 29.7 Å². The molecular formula is C17H14Cl2O2. The van der Waals surface area contributed by atoms with Gasteiger partial charge < -0.3 is 4.79 Å². The van der Waals surface area contributed by atoms with Crippen LogP contribution in [0.5, 0.6) is 0 Å². The predicted octanol–water partition coefficient (Wildman–Crippen LogP) is 4.94. The van der Waals surface area contributed by atoms with Crippen molar-refractivity contribution < 1.29 is 9.59 Å². The van der Waals surface area contributed by atoms with E-state index in [4.69, 9.17) is 23.2 Å². The zero-order chi connectivity index (χ0) is 15.2. The first-order chi connectivity index (χ1) is 10.1. The minimum atomic E-state index is -0.236. The fourth-order valence-electron chi connectivity index (χ4n) is 2.26. The van der Waals surface area contributed by atoms with Gasteiger partial charge in [-0.3, -0.25) is 4.79 Å². The number of hydrogen-bond acceptors (Lipinski definition) is 2. The molecule has 108 valence electrons. The van der Waals surface area contributed by atoms with E-state index in [1.54, 1.807) is 30.3 Å². The van der Waals surface area contributed by atoms with Crippen LogP contribution in [-0.2, 0) is 4.79 Å². The maximum atomic E-state index is 12.4. The van der Waals surface area contributed by atoms with Gasteiger partial charge in [-0.25, -0.2) is 0 Å². The molecular weight excluding hydrogens is 307 g/mol. The fraction of sp³-hybridized carbons (Fsp3) is 0.176. The summed E-state index contributed by atoms with van der Waals surface area (Å²) in [6.07, 6.45) is 1.26. The molecule has 0 radical (unpaired) electrons. The van der Waals surface area contributed by atoms with Gasteiger partial charge in [-0.15, -0.1) is 0 Å². The average molecular weight is 321 g/mol. The molecule has 0 N–H and O–H groups in total. The second-order valence-corrected chi connectivity index (χ2v) is 5.54. The lowest BCUT2D eigenvalue weighted by Gasteiger charge is -2.16. The van der Waals surface area contributed by atoms with E-state index < -0.39 is 0 Å². The van der Waals surface area contributed by atoms with Crippen molar-refractivity contribution in [2.75, 3.05) is 0 Å². The lowest BCUT2D eigenvalue weighted by Crippen LogP contribution is -2.09. The van der Waals surface area contributed by atoms with Crippen molar-refractivity contribution in [2.24, 2.45) is 0 Å². The van der Waals surface area contributed by atoms with E-state index in [1.807, 2.05) is 18.2 Å². The van der Waals surface area contributed by atoms with Crippen LogP contribution in [0.4, 0.5) is 0 Å². The van der Waals surface area contributed by atoms with E-state index in [0.717, 1.165) is 11.8 Å². The molecule has 2 rings (SSSR count). The summed E-state index contributed by atoms with van der Waals surface area (Å²) < 4.78 is 0. The third-order valence-electron chi connectivity index (χ3n) is 3.33. The lowest BCUT2D eigenvalue weighted by atomic mass is 9.89. The van der Waals surface area contributed by atoms with Gasteiger partial charge in [0, 0.05) is 23.4 Å². The smallest absolute Gasteiger partial charge is 0.164 e. The molecule has 0 heterocycles. The standard InChI is InChI=1S/C17H14Cl2O2/c18-15-7-3-1-5-13(15)12(9-10-20)11-17(21)14-6-2-4-8-16(14)19/h1-8,10,12H,9,11H2/t12-/m0/s1. The second kappa shape index (κ2) is 7.39. The van der Waals surface area contributed by atoms with Crippen LogP contribution in [0, 0.1) is 0 Å². The van der Waals surface area contributed by atoms with Crippen LogP contribution in [0.2, 0.25) is 10.0 Å². The van der Waals surface area contributed by atoms with Crippen LogP contribution < -0.4 is 0 Å². The van der Waals surface area contributed by atoms with E-state index >= 15 is 0 Å². The van der Waals surface area contributed by atoms with Gasteiger partial charge in [-0.1, -0.05) is 53.5 Å². The number of Topliss-reactive ketones (excluding diaryl/α,β-unsaturated/α-hetero) is 1. The summed E-state index contributed by atoms with van der Waals surface area (Å²) in [6.45, 7) is 0. The number of halogens is 2. The number of hydrogen-bond donors (Lipinski definition) is 0. The molecule has 0 spiro atoms. The first-order valence-corrected chi connectivity index (χ1v) is 7.35. The lowest BCUT2D eigenvalue weighted by molar-refractivity contribution is -0.108. The van der Waals surface area contributed by atoms with E-state index in [1.165, 1.54) is 0 Å². The number of rotatable bonds is 6. The van der Waals surface area contributed by atoms with Crippen LogP contribution in [0.15, 0.2) is 48.5 Å². The van der Waals surface area contributed by atoms with Crippen LogP contribution >= 0.6 is 23.2 Å². The minimum absolute atomic E-state index is 0.0904. The predicted molar refractivity (Wildman–Crippen MR) is 85.3 cm³/mol. The molecule has 0 saturated carbocycles. The molecule has 0 aromatic heterocycles. The average Bonchev–Trinajstić information content (AvgIpc) is 2.47. The Hall–Kier alpha value is -1.64. The first kappa shape index (κ1) is 15.7. The molecule has 0 fully saturated rings. The Balaban J connectivity index is 2.25. The highest BCUT2D eigenvalue weighted by molar-refractivity contribution is 6.34. The molecule has 4 heteroatoms. The molecule has 2 aromatic rings. The van der Waals surface area contributed by atoms with Crippen LogP contribution in [0.1, 0.15) is 34.7 Å². The molecule has 2 aromatic carbocycles. The van der Waals surface area contributed by atoms with Crippen molar-refractivity contribution >= 4 is 35.3 Å². The van der Waals surface area contributed by atoms with Gasteiger partial charge in [0.15, 0.2) is 5.78 Å². The Morgan fingerprint density at radius 1 is 1.00 bits per heavy atom. The summed E-state index contributed by atoms with van der Waals surface area (Å²) in [5.41, 5.74) is 1.29. The quantitative estimate of drug-likeness (QED) is 0.558. The Labute approximate surface area is 133 Å². The first-order valence-electron chi connectivity index (χ1n) is 6.59. The SMILES string of the molecule is O=CC[C@@H](CC(=O)c1ccccc1Cl)c1ccccc1Cl. The van der Waals surface area contributed by atoms with Gasteiger partial charge in [0.2, 0.25) is 0 Å². The largest absolute Gasteiger partial charge is 0.303 e. The van der Waals surface area contributed by atoms with Crippen molar-refractivity contribution in [3.8, 4) is 0 Å². The Kier molecular flexibility index (Phi) is 5.54. The Bertz CT molecular complexity index is 653. The van der Waals surface area contributed by atoms with Gasteiger partial charge in [-0.2, -0.15) is 0 Å². The summed E-state index contributed by atoms with van der Waals surface area (Å²) >= 11 is 12.2. The fourth-order valence-corrected chi connectivity index (χ4v) is 2.79. The normalized spacial score (nSPS) is 11.9. The van der Waals surface area contributed by atoms with Crippen molar-refractivity contribution in [2.45, 2.75) is 18.8 Å². The highest BCUT2D eigenvalue weighted by atomic mass is 35.5. The number of aldehydes is 1.